The van der Waals surface area contributed by atoms with Crippen LogP contribution in [0.2, 0.25) is 5.02 Å². The van der Waals surface area contributed by atoms with E-state index in [1.165, 1.54) is 12.1 Å². The van der Waals surface area contributed by atoms with E-state index in [4.69, 9.17) is 16.9 Å². The molecule has 0 fully saturated rings. The molecular formula is C22H16ClIN2O2. The summed E-state index contributed by atoms with van der Waals surface area (Å²) in [6.07, 6.45) is 0.117. The van der Waals surface area contributed by atoms with Gasteiger partial charge in [0.1, 0.15) is 6.07 Å². The van der Waals surface area contributed by atoms with E-state index < -0.39 is 11.5 Å². The van der Waals surface area contributed by atoms with Crippen LogP contribution in [-0.2, 0) is 16.8 Å². The van der Waals surface area contributed by atoms with E-state index in [1.54, 1.807) is 30.3 Å². The Morgan fingerprint density at radius 2 is 1.79 bits per heavy atom. The van der Waals surface area contributed by atoms with Crippen molar-refractivity contribution in [2.45, 2.75) is 12.0 Å². The molecule has 1 atom stereocenters. The molecule has 0 saturated carbocycles. The van der Waals surface area contributed by atoms with Crippen molar-refractivity contribution in [1.82, 2.24) is 0 Å². The van der Waals surface area contributed by atoms with E-state index in [0.29, 0.717) is 16.8 Å². The predicted molar refractivity (Wildman–Crippen MR) is 118 cm³/mol. The van der Waals surface area contributed by atoms with Crippen LogP contribution in [0.1, 0.15) is 16.7 Å². The number of nitrogens with zero attached hydrogens (tertiary/aromatic N) is 1. The molecule has 1 amide bonds. The van der Waals surface area contributed by atoms with Gasteiger partial charge in [-0.05, 0) is 58.0 Å². The summed E-state index contributed by atoms with van der Waals surface area (Å²) in [6, 6.07) is 23.0. The number of anilines is 1. The molecule has 0 aliphatic carbocycles. The van der Waals surface area contributed by atoms with Crippen LogP contribution < -0.4 is 5.32 Å². The number of nitrogens with one attached hydrogen (secondary N) is 1. The standard InChI is InChI=1S/C22H16ClIN2O2/c23-19-12-18(11-10-16(19)14-25)26-21(27)22(28,17-7-2-1-3-8-17)13-15-6-4-5-9-20(15)24/h1-12,28H,13H2,(H,26,27). The molecule has 28 heavy (non-hydrogen) atoms. The van der Waals surface area contributed by atoms with Gasteiger partial charge < -0.3 is 10.4 Å². The lowest BCUT2D eigenvalue weighted by Gasteiger charge is -2.28. The number of nitriles is 1. The molecule has 2 N–H and O–H groups in total. The third-order valence-electron chi connectivity index (χ3n) is 4.38. The molecule has 0 aromatic heterocycles. The fraction of sp³-hybridized carbons (Fsp3) is 0.0909. The number of halogens is 2. The average Bonchev–Trinajstić information content (AvgIpc) is 2.70. The maximum Gasteiger partial charge on any atom is 0.261 e. The van der Waals surface area contributed by atoms with Gasteiger partial charge in [0.05, 0.1) is 10.6 Å². The second-order valence-corrected chi connectivity index (χ2v) is 7.82. The molecular weight excluding hydrogens is 487 g/mol. The SMILES string of the molecule is N#Cc1ccc(NC(=O)C(O)(Cc2ccccc2I)c2ccccc2)cc1Cl. The molecule has 0 radical (unpaired) electrons. The van der Waals surface area contributed by atoms with Gasteiger partial charge in [0, 0.05) is 15.7 Å². The molecule has 0 aliphatic heterocycles. The second-order valence-electron chi connectivity index (χ2n) is 6.26. The fourth-order valence-corrected chi connectivity index (χ4v) is 3.66. The van der Waals surface area contributed by atoms with Crippen molar-refractivity contribution >= 4 is 45.8 Å². The van der Waals surface area contributed by atoms with Crippen LogP contribution in [0.4, 0.5) is 5.69 Å². The van der Waals surface area contributed by atoms with Crippen molar-refractivity contribution in [3.05, 3.63) is 98.1 Å². The number of hydrogen-bond acceptors (Lipinski definition) is 3. The number of aliphatic hydroxyl groups is 1. The Labute approximate surface area is 181 Å². The zero-order valence-electron chi connectivity index (χ0n) is 14.7. The monoisotopic (exact) mass is 502 g/mol. The van der Waals surface area contributed by atoms with Crippen molar-refractivity contribution in [3.8, 4) is 6.07 Å². The van der Waals surface area contributed by atoms with Crippen molar-refractivity contribution < 1.29 is 9.90 Å². The number of amides is 1. The lowest BCUT2D eigenvalue weighted by Crippen LogP contribution is -2.42. The van der Waals surface area contributed by atoms with Gasteiger partial charge in [-0.25, -0.2) is 0 Å². The van der Waals surface area contributed by atoms with Gasteiger partial charge in [-0.1, -0.05) is 60.1 Å². The Morgan fingerprint density at radius 3 is 2.43 bits per heavy atom. The minimum atomic E-state index is -1.77. The summed E-state index contributed by atoms with van der Waals surface area (Å²) in [4.78, 5) is 13.1. The minimum absolute atomic E-state index is 0.117. The Balaban J connectivity index is 1.97. The first-order chi connectivity index (χ1) is 13.4. The first-order valence-corrected chi connectivity index (χ1v) is 9.92. The van der Waals surface area contributed by atoms with Gasteiger partial charge >= 0.3 is 0 Å². The average molecular weight is 503 g/mol. The molecule has 0 spiro atoms. The molecule has 4 nitrogen and oxygen atoms in total. The van der Waals surface area contributed by atoms with Crippen LogP contribution in [0.5, 0.6) is 0 Å². The molecule has 0 heterocycles. The smallest absolute Gasteiger partial charge is 0.261 e. The number of rotatable bonds is 5. The number of benzene rings is 3. The largest absolute Gasteiger partial charge is 0.375 e. The van der Waals surface area contributed by atoms with Crippen molar-refractivity contribution in [3.63, 3.8) is 0 Å². The van der Waals surface area contributed by atoms with Gasteiger partial charge in [0.15, 0.2) is 5.60 Å². The highest BCUT2D eigenvalue weighted by atomic mass is 127. The van der Waals surface area contributed by atoms with Crippen LogP contribution in [0.25, 0.3) is 0 Å². The van der Waals surface area contributed by atoms with Crippen LogP contribution in [0.15, 0.2) is 72.8 Å². The Bertz CT molecular complexity index is 1050. The highest BCUT2D eigenvalue weighted by molar-refractivity contribution is 14.1. The molecule has 3 aromatic carbocycles. The maximum atomic E-state index is 13.1. The summed E-state index contributed by atoms with van der Waals surface area (Å²) in [5.41, 5.74) is 0.306. The molecule has 140 valence electrons. The highest BCUT2D eigenvalue weighted by Gasteiger charge is 2.38. The summed E-state index contributed by atoms with van der Waals surface area (Å²) in [5, 5.41) is 23.4. The fourth-order valence-electron chi connectivity index (χ4n) is 2.86. The first kappa shape index (κ1) is 20.3. The third kappa shape index (κ3) is 4.36. The van der Waals surface area contributed by atoms with Gasteiger partial charge in [0.2, 0.25) is 0 Å². The highest BCUT2D eigenvalue weighted by Crippen LogP contribution is 2.30. The van der Waals surface area contributed by atoms with Gasteiger partial charge in [-0.15, -0.1) is 0 Å². The summed E-state index contributed by atoms with van der Waals surface area (Å²) in [7, 11) is 0. The number of hydrogen-bond donors (Lipinski definition) is 2. The minimum Gasteiger partial charge on any atom is -0.375 e. The predicted octanol–water partition coefficient (Wildman–Crippen LogP) is 4.89. The third-order valence-corrected chi connectivity index (χ3v) is 5.74. The van der Waals surface area contributed by atoms with E-state index in [1.807, 2.05) is 36.4 Å². The molecule has 3 rings (SSSR count). The van der Waals surface area contributed by atoms with Gasteiger partial charge in [0.25, 0.3) is 5.91 Å². The van der Waals surface area contributed by atoms with E-state index in [9.17, 15) is 9.90 Å². The second kappa shape index (κ2) is 8.74. The zero-order chi connectivity index (χ0) is 20.1. The lowest BCUT2D eigenvalue weighted by atomic mass is 9.86. The summed E-state index contributed by atoms with van der Waals surface area (Å²) in [5.74, 6) is -0.570. The van der Waals surface area contributed by atoms with E-state index in [-0.39, 0.29) is 11.4 Å². The number of carbonyl (C=O) groups excluding carboxylic acids is 1. The molecule has 3 aromatic rings. The molecule has 0 bridgehead atoms. The van der Waals surface area contributed by atoms with Crippen LogP contribution in [0.3, 0.4) is 0 Å². The van der Waals surface area contributed by atoms with Crippen molar-refractivity contribution in [2.75, 3.05) is 5.32 Å². The molecule has 1 unspecified atom stereocenters. The Hall–Kier alpha value is -2.40. The zero-order valence-corrected chi connectivity index (χ0v) is 17.6. The van der Waals surface area contributed by atoms with Crippen molar-refractivity contribution in [2.24, 2.45) is 0 Å². The van der Waals surface area contributed by atoms with Gasteiger partial charge in [-0.2, -0.15) is 5.26 Å². The maximum absolute atomic E-state index is 13.1. The van der Waals surface area contributed by atoms with Crippen LogP contribution in [0, 0.1) is 14.9 Å². The topological polar surface area (TPSA) is 73.1 Å². The first-order valence-electron chi connectivity index (χ1n) is 8.46. The lowest BCUT2D eigenvalue weighted by molar-refractivity contribution is -0.135. The van der Waals surface area contributed by atoms with E-state index in [0.717, 1.165) is 9.13 Å². The molecule has 0 aliphatic rings. The summed E-state index contributed by atoms with van der Waals surface area (Å²) >= 11 is 8.25. The molecule has 6 heteroatoms. The Kier molecular flexibility index (Phi) is 6.35. The van der Waals surface area contributed by atoms with Crippen LogP contribution >= 0.6 is 34.2 Å². The van der Waals surface area contributed by atoms with E-state index >= 15 is 0 Å². The normalized spacial score (nSPS) is 12.6. The molecule has 0 saturated heterocycles. The summed E-state index contributed by atoms with van der Waals surface area (Å²) < 4.78 is 0.962. The van der Waals surface area contributed by atoms with Crippen molar-refractivity contribution in [1.29, 1.82) is 5.26 Å². The van der Waals surface area contributed by atoms with Gasteiger partial charge in [-0.3, -0.25) is 4.79 Å². The van der Waals surface area contributed by atoms with Crippen LogP contribution in [-0.4, -0.2) is 11.0 Å². The quantitative estimate of drug-likeness (QED) is 0.488. The summed E-state index contributed by atoms with van der Waals surface area (Å²) in [6.45, 7) is 0. The Morgan fingerprint density at radius 1 is 1.11 bits per heavy atom. The van der Waals surface area contributed by atoms with E-state index in [2.05, 4.69) is 27.9 Å². The number of carbonyl (C=O) groups is 1.